The van der Waals surface area contributed by atoms with Crippen LogP contribution < -0.4 is 0 Å². The number of ketones is 1. The molecule has 1 aromatic heterocycles. The molecule has 2 aromatic carbocycles. The van der Waals surface area contributed by atoms with Gasteiger partial charge in [0, 0.05) is 19.3 Å². The zero-order valence-corrected chi connectivity index (χ0v) is 18.8. The quantitative estimate of drug-likeness (QED) is 0.584. The Labute approximate surface area is 183 Å². The number of aryl methyl sites for hydroxylation is 3. The molecule has 2 heterocycles. The van der Waals surface area contributed by atoms with E-state index in [1.165, 1.54) is 34.5 Å². The molecular formula is C25H26N2O3S. The lowest BCUT2D eigenvalue weighted by Crippen LogP contribution is -2.32. The molecule has 0 radical (unpaired) electrons. The lowest BCUT2D eigenvalue weighted by Gasteiger charge is -2.26. The Morgan fingerprint density at radius 1 is 1.03 bits per heavy atom. The van der Waals surface area contributed by atoms with Gasteiger partial charge in [0.2, 0.25) is 9.84 Å². The lowest BCUT2D eigenvalue weighted by molar-refractivity contribution is -0.121. The van der Waals surface area contributed by atoms with Crippen molar-refractivity contribution in [2.45, 2.75) is 44.9 Å². The summed E-state index contributed by atoms with van der Waals surface area (Å²) in [6.07, 6.45) is 1.43. The van der Waals surface area contributed by atoms with Crippen LogP contribution in [0.15, 0.2) is 65.8 Å². The maximum Gasteiger partial charge on any atom is 0.202 e. The van der Waals surface area contributed by atoms with Crippen molar-refractivity contribution in [2.24, 2.45) is 0 Å². The van der Waals surface area contributed by atoms with Gasteiger partial charge in [0.15, 0.2) is 10.8 Å². The van der Waals surface area contributed by atoms with Crippen LogP contribution in [-0.4, -0.2) is 29.8 Å². The summed E-state index contributed by atoms with van der Waals surface area (Å²) in [5.74, 6) is -0.885. The van der Waals surface area contributed by atoms with Gasteiger partial charge in [-0.2, -0.15) is 0 Å². The molecule has 0 aliphatic carbocycles. The van der Waals surface area contributed by atoms with Crippen LogP contribution in [0.4, 0.5) is 0 Å². The normalized spacial score (nSPS) is 16.3. The highest BCUT2D eigenvalue weighted by atomic mass is 32.2. The molecule has 1 aliphatic rings. The maximum absolute atomic E-state index is 13.4. The van der Waals surface area contributed by atoms with Crippen LogP contribution in [-0.2, 0) is 27.7 Å². The van der Waals surface area contributed by atoms with E-state index < -0.39 is 21.6 Å². The van der Waals surface area contributed by atoms with Gasteiger partial charge in [-0.3, -0.25) is 9.69 Å². The Morgan fingerprint density at radius 3 is 2.39 bits per heavy atom. The third-order valence-corrected chi connectivity index (χ3v) is 7.43. The molecule has 0 bridgehead atoms. The highest BCUT2D eigenvalue weighted by Gasteiger charge is 2.37. The van der Waals surface area contributed by atoms with Crippen molar-refractivity contribution in [3.05, 3.63) is 94.2 Å². The number of aromatic nitrogens is 1. The largest absolute Gasteiger partial charge is 0.296 e. The number of rotatable bonds is 6. The fourth-order valence-corrected chi connectivity index (χ4v) is 5.70. The Bertz CT molecular complexity index is 1210. The predicted octanol–water partition coefficient (Wildman–Crippen LogP) is 4.11. The van der Waals surface area contributed by atoms with Crippen LogP contribution in [0, 0.1) is 20.8 Å². The first-order valence-corrected chi connectivity index (χ1v) is 12.0. The first kappa shape index (κ1) is 21.4. The molecule has 3 aromatic rings. The van der Waals surface area contributed by atoms with Gasteiger partial charge in [-0.1, -0.05) is 48.0 Å². The van der Waals surface area contributed by atoms with Crippen LogP contribution in [0.25, 0.3) is 0 Å². The number of carbonyl (C=O) groups excluding carboxylic acids is 1. The van der Waals surface area contributed by atoms with Crippen LogP contribution in [0.5, 0.6) is 0 Å². The number of hydrogen-bond donors (Lipinski definition) is 0. The second-order valence-electron chi connectivity index (χ2n) is 8.28. The summed E-state index contributed by atoms with van der Waals surface area (Å²) in [6.45, 7) is 7.45. The number of benzene rings is 2. The van der Waals surface area contributed by atoms with E-state index >= 15 is 0 Å². The van der Waals surface area contributed by atoms with E-state index in [0.29, 0.717) is 13.1 Å². The molecule has 0 spiro atoms. The fourth-order valence-electron chi connectivity index (χ4n) is 4.51. The molecule has 6 heteroatoms. The van der Waals surface area contributed by atoms with E-state index in [4.69, 9.17) is 0 Å². The van der Waals surface area contributed by atoms with Crippen LogP contribution >= 0.6 is 0 Å². The van der Waals surface area contributed by atoms with Crippen molar-refractivity contribution in [1.82, 2.24) is 9.88 Å². The summed E-state index contributed by atoms with van der Waals surface area (Å²) in [4.78, 5) is 19.4. The molecule has 0 fully saturated rings. The highest BCUT2D eigenvalue weighted by Crippen LogP contribution is 2.37. The molecule has 0 saturated carbocycles. The second-order valence-corrected chi connectivity index (χ2v) is 10.2. The Kier molecular flexibility index (Phi) is 5.77. The SMILES string of the molecule is Cc1cc(C)c(CN2Cc3ccccc3C2C(=O)CS(=O)(=O)c2ccccn2)c(C)c1. The highest BCUT2D eigenvalue weighted by molar-refractivity contribution is 7.92. The zero-order valence-electron chi connectivity index (χ0n) is 18.0. The van der Waals surface area contributed by atoms with Gasteiger partial charge >= 0.3 is 0 Å². The molecule has 0 saturated heterocycles. The van der Waals surface area contributed by atoms with E-state index in [0.717, 1.165) is 11.1 Å². The summed E-state index contributed by atoms with van der Waals surface area (Å²) >= 11 is 0. The van der Waals surface area contributed by atoms with Crippen molar-refractivity contribution < 1.29 is 13.2 Å². The Morgan fingerprint density at radius 2 is 1.71 bits per heavy atom. The van der Waals surface area contributed by atoms with Gasteiger partial charge in [0.1, 0.15) is 5.75 Å². The third kappa shape index (κ3) is 4.31. The minimum Gasteiger partial charge on any atom is -0.296 e. The minimum absolute atomic E-state index is 0.0635. The van der Waals surface area contributed by atoms with Crippen molar-refractivity contribution in [3.8, 4) is 0 Å². The molecule has 0 N–H and O–H groups in total. The van der Waals surface area contributed by atoms with Gasteiger partial charge in [-0.25, -0.2) is 13.4 Å². The van der Waals surface area contributed by atoms with Gasteiger partial charge in [-0.15, -0.1) is 0 Å². The van der Waals surface area contributed by atoms with E-state index in [2.05, 4.69) is 42.8 Å². The summed E-state index contributed by atoms with van der Waals surface area (Å²) in [7, 11) is -3.81. The van der Waals surface area contributed by atoms with Gasteiger partial charge in [-0.05, 0) is 60.7 Å². The van der Waals surface area contributed by atoms with Gasteiger partial charge < -0.3 is 0 Å². The van der Waals surface area contributed by atoms with Crippen molar-refractivity contribution in [2.75, 3.05) is 5.75 Å². The first-order chi connectivity index (χ1) is 14.8. The molecule has 4 rings (SSSR count). The summed E-state index contributed by atoms with van der Waals surface area (Å²) in [5, 5.41) is -0.0635. The number of fused-ring (bicyclic) bond motifs is 1. The average molecular weight is 435 g/mol. The standard InChI is InChI=1S/C25H26N2O3S/c1-17-12-18(2)22(19(3)13-17)15-27-14-20-8-4-5-9-21(20)25(27)23(28)16-31(29,30)24-10-6-7-11-26-24/h4-13,25H,14-16H2,1-3H3. The molecule has 160 valence electrons. The monoisotopic (exact) mass is 434 g/mol. The van der Waals surface area contributed by atoms with Crippen molar-refractivity contribution >= 4 is 15.6 Å². The predicted molar refractivity (Wildman–Crippen MR) is 120 cm³/mol. The van der Waals surface area contributed by atoms with Crippen molar-refractivity contribution in [3.63, 3.8) is 0 Å². The third-order valence-electron chi connectivity index (χ3n) is 5.88. The van der Waals surface area contributed by atoms with E-state index in [-0.39, 0.29) is 10.8 Å². The smallest absolute Gasteiger partial charge is 0.202 e. The summed E-state index contributed by atoms with van der Waals surface area (Å²) < 4.78 is 25.6. The summed E-state index contributed by atoms with van der Waals surface area (Å²) in [6, 6.07) is 16.2. The maximum atomic E-state index is 13.4. The first-order valence-electron chi connectivity index (χ1n) is 10.3. The lowest BCUT2D eigenvalue weighted by atomic mass is 9.98. The second kappa shape index (κ2) is 8.36. The molecule has 5 nitrogen and oxygen atoms in total. The molecule has 1 unspecified atom stereocenters. The number of Topliss-reactive ketones (excluding diaryl/α,β-unsaturated/α-hetero) is 1. The average Bonchev–Trinajstić information content (AvgIpc) is 3.09. The molecule has 1 aliphatic heterocycles. The number of pyridine rings is 1. The van der Waals surface area contributed by atoms with Gasteiger partial charge in [0.05, 0.1) is 6.04 Å². The van der Waals surface area contributed by atoms with E-state index in [1.54, 1.807) is 12.1 Å². The van der Waals surface area contributed by atoms with Crippen LogP contribution in [0.2, 0.25) is 0 Å². The van der Waals surface area contributed by atoms with Gasteiger partial charge in [0.25, 0.3) is 0 Å². The number of carbonyl (C=O) groups is 1. The Balaban J connectivity index is 1.67. The number of hydrogen-bond acceptors (Lipinski definition) is 5. The van der Waals surface area contributed by atoms with Crippen LogP contribution in [0.3, 0.4) is 0 Å². The van der Waals surface area contributed by atoms with Crippen LogP contribution in [0.1, 0.15) is 39.4 Å². The molecule has 0 amide bonds. The molecule has 31 heavy (non-hydrogen) atoms. The number of nitrogens with zero attached hydrogens (tertiary/aromatic N) is 2. The number of sulfone groups is 1. The molecular weight excluding hydrogens is 408 g/mol. The van der Waals surface area contributed by atoms with E-state index in [1.807, 2.05) is 24.3 Å². The topological polar surface area (TPSA) is 67.3 Å². The summed E-state index contributed by atoms with van der Waals surface area (Å²) in [5.41, 5.74) is 6.72. The zero-order chi connectivity index (χ0) is 22.2. The fraction of sp³-hybridized carbons (Fsp3) is 0.280. The minimum atomic E-state index is -3.81. The Hall–Kier alpha value is -2.83. The van der Waals surface area contributed by atoms with Crippen molar-refractivity contribution in [1.29, 1.82) is 0 Å². The van der Waals surface area contributed by atoms with E-state index in [9.17, 15) is 13.2 Å². The molecule has 1 atom stereocenters.